The summed E-state index contributed by atoms with van der Waals surface area (Å²) in [6.07, 6.45) is 7.11. The van der Waals surface area contributed by atoms with Gasteiger partial charge in [-0.1, -0.05) is 24.1 Å². The molecular formula is C12H11NO. The first kappa shape index (κ1) is 8.83. The van der Waals surface area contributed by atoms with Crippen LogP contribution in [-0.4, -0.2) is 11.4 Å². The highest BCUT2D eigenvalue weighted by molar-refractivity contribution is 5.95. The Morgan fingerprint density at radius 3 is 2.50 bits per heavy atom. The van der Waals surface area contributed by atoms with E-state index in [0.717, 1.165) is 12.8 Å². The lowest BCUT2D eigenvalue weighted by atomic mass is 10.2. The van der Waals surface area contributed by atoms with Gasteiger partial charge in [-0.15, -0.1) is 6.42 Å². The molecule has 0 radical (unpaired) electrons. The summed E-state index contributed by atoms with van der Waals surface area (Å²) in [4.78, 5) is 11.7. The van der Waals surface area contributed by atoms with E-state index in [4.69, 9.17) is 6.42 Å². The minimum Gasteiger partial charge on any atom is -0.336 e. The zero-order valence-electron chi connectivity index (χ0n) is 7.79. The van der Waals surface area contributed by atoms with Crippen molar-refractivity contribution in [1.82, 2.24) is 5.32 Å². The lowest BCUT2D eigenvalue weighted by molar-refractivity contribution is 0.0942. The Morgan fingerprint density at radius 2 is 2.00 bits per heavy atom. The van der Waals surface area contributed by atoms with Crippen molar-refractivity contribution in [1.29, 1.82) is 0 Å². The third-order valence-corrected chi connectivity index (χ3v) is 2.42. The minimum absolute atomic E-state index is 0.0824. The van der Waals surface area contributed by atoms with Crippen molar-refractivity contribution in [3.05, 3.63) is 35.9 Å². The molecule has 0 aliphatic heterocycles. The van der Waals surface area contributed by atoms with E-state index in [1.165, 1.54) is 0 Å². The Balaban J connectivity index is 2.08. The molecule has 0 unspecified atom stereocenters. The van der Waals surface area contributed by atoms with Crippen LogP contribution < -0.4 is 5.32 Å². The number of amides is 1. The summed E-state index contributed by atoms with van der Waals surface area (Å²) in [5, 5.41) is 2.86. The number of carbonyl (C=O) groups is 1. The van der Waals surface area contributed by atoms with Gasteiger partial charge in [0.25, 0.3) is 5.91 Å². The number of nitrogens with one attached hydrogen (secondary N) is 1. The molecule has 1 aliphatic carbocycles. The summed E-state index contributed by atoms with van der Waals surface area (Å²) in [6, 6.07) is 9.11. The Hall–Kier alpha value is -1.75. The summed E-state index contributed by atoms with van der Waals surface area (Å²) >= 11 is 0. The molecule has 2 rings (SSSR count). The molecule has 0 saturated heterocycles. The van der Waals surface area contributed by atoms with Crippen molar-refractivity contribution >= 4 is 5.91 Å². The maximum atomic E-state index is 11.7. The van der Waals surface area contributed by atoms with E-state index in [1.807, 2.05) is 18.2 Å². The van der Waals surface area contributed by atoms with Crippen molar-refractivity contribution in [2.45, 2.75) is 18.4 Å². The van der Waals surface area contributed by atoms with Crippen molar-refractivity contribution in [2.24, 2.45) is 0 Å². The lowest BCUT2D eigenvalue weighted by Crippen LogP contribution is -2.35. The number of carbonyl (C=O) groups excluding carboxylic acids is 1. The summed E-state index contributed by atoms with van der Waals surface area (Å²) in [6.45, 7) is 0. The topological polar surface area (TPSA) is 29.1 Å². The molecule has 70 valence electrons. The van der Waals surface area contributed by atoms with Crippen molar-refractivity contribution < 1.29 is 4.79 Å². The first-order valence-corrected chi connectivity index (χ1v) is 4.61. The molecule has 2 heteroatoms. The normalized spacial score (nSPS) is 16.8. The molecule has 1 saturated carbocycles. The standard InChI is InChI=1S/C12H11NO/c1-2-12(8-9-12)13-11(14)10-6-4-3-5-7-10/h1,3-7H,8-9H2,(H,13,14). The molecule has 0 heterocycles. The maximum Gasteiger partial charge on any atom is 0.252 e. The fraction of sp³-hybridized carbons (Fsp3) is 0.250. The van der Waals surface area contributed by atoms with Gasteiger partial charge in [-0.05, 0) is 25.0 Å². The van der Waals surface area contributed by atoms with E-state index < -0.39 is 0 Å². The molecule has 1 aliphatic rings. The van der Waals surface area contributed by atoms with Crippen LogP contribution in [0, 0.1) is 12.3 Å². The highest BCUT2D eigenvalue weighted by Crippen LogP contribution is 2.34. The van der Waals surface area contributed by atoms with Crippen LogP contribution in [0.4, 0.5) is 0 Å². The fourth-order valence-electron chi connectivity index (χ4n) is 1.31. The van der Waals surface area contributed by atoms with Gasteiger partial charge in [0.1, 0.15) is 5.54 Å². The second kappa shape index (κ2) is 3.19. The zero-order chi connectivity index (χ0) is 10.0. The van der Waals surface area contributed by atoms with E-state index >= 15 is 0 Å². The molecule has 0 aromatic heterocycles. The van der Waals surface area contributed by atoms with E-state index in [9.17, 15) is 4.79 Å². The van der Waals surface area contributed by atoms with Gasteiger partial charge in [0.2, 0.25) is 0 Å². The van der Waals surface area contributed by atoms with Crippen molar-refractivity contribution in [3.63, 3.8) is 0 Å². The van der Waals surface area contributed by atoms with Gasteiger partial charge in [-0.3, -0.25) is 4.79 Å². The second-order valence-corrected chi connectivity index (χ2v) is 3.55. The maximum absolute atomic E-state index is 11.7. The predicted octanol–water partition coefficient (Wildman–Crippen LogP) is 1.58. The third kappa shape index (κ3) is 1.62. The zero-order valence-corrected chi connectivity index (χ0v) is 7.79. The van der Waals surface area contributed by atoms with Crippen LogP contribution >= 0.6 is 0 Å². The SMILES string of the molecule is C#CC1(NC(=O)c2ccccc2)CC1. The van der Waals surface area contributed by atoms with Crippen molar-refractivity contribution in [2.75, 3.05) is 0 Å². The minimum atomic E-state index is -0.354. The highest BCUT2D eigenvalue weighted by atomic mass is 16.1. The molecule has 0 atom stereocenters. The number of terminal acetylenes is 1. The van der Waals surface area contributed by atoms with Gasteiger partial charge in [0.05, 0.1) is 0 Å². The first-order chi connectivity index (χ1) is 6.76. The lowest BCUT2D eigenvalue weighted by Gasteiger charge is -2.10. The average molecular weight is 185 g/mol. The highest BCUT2D eigenvalue weighted by Gasteiger charge is 2.42. The van der Waals surface area contributed by atoms with Gasteiger partial charge in [-0.2, -0.15) is 0 Å². The van der Waals surface area contributed by atoms with Gasteiger partial charge in [-0.25, -0.2) is 0 Å². The first-order valence-electron chi connectivity index (χ1n) is 4.61. The Labute approximate surface area is 83.3 Å². The molecule has 0 spiro atoms. The largest absolute Gasteiger partial charge is 0.336 e. The van der Waals surface area contributed by atoms with Crippen LogP contribution in [0.1, 0.15) is 23.2 Å². The monoisotopic (exact) mass is 185 g/mol. The number of benzene rings is 1. The molecule has 1 aromatic rings. The molecule has 0 bridgehead atoms. The third-order valence-electron chi connectivity index (χ3n) is 2.42. The molecule has 1 amide bonds. The van der Waals surface area contributed by atoms with Gasteiger partial charge >= 0.3 is 0 Å². The van der Waals surface area contributed by atoms with E-state index in [1.54, 1.807) is 12.1 Å². The quantitative estimate of drug-likeness (QED) is 0.696. The van der Waals surface area contributed by atoms with E-state index in [2.05, 4.69) is 11.2 Å². The van der Waals surface area contributed by atoms with Crippen LogP contribution in [0.25, 0.3) is 0 Å². The van der Waals surface area contributed by atoms with Crippen molar-refractivity contribution in [3.8, 4) is 12.3 Å². The predicted molar refractivity (Wildman–Crippen MR) is 54.7 cm³/mol. The number of rotatable bonds is 2. The van der Waals surface area contributed by atoms with Gasteiger partial charge < -0.3 is 5.32 Å². The smallest absolute Gasteiger partial charge is 0.252 e. The average Bonchev–Trinajstić information content (AvgIpc) is 3.00. The van der Waals surface area contributed by atoms with Crippen LogP contribution in [0.2, 0.25) is 0 Å². The van der Waals surface area contributed by atoms with Gasteiger partial charge in [0, 0.05) is 5.56 Å². The number of hydrogen-bond acceptors (Lipinski definition) is 1. The summed E-state index contributed by atoms with van der Waals surface area (Å²) in [7, 11) is 0. The fourth-order valence-corrected chi connectivity index (χ4v) is 1.31. The number of hydrogen-bond donors (Lipinski definition) is 1. The summed E-state index contributed by atoms with van der Waals surface area (Å²) in [5.74, 6) is 2.54. The Morgan fingerprint density at radius 1 is 1.36 bits per heavy atom. The van der Waals surface area contributed by atoms with Crippen LogP contribution in [0.3, 0.4) is 0 Å². The van der Waals surface area contributed by atoms with Crippen LogP contribution in [-0.2, 0) is 0 Å². The second-order valence-electron chi connectivity index (χ2n) is 3.55. The molecule has 1 N–H and O–H groups in total. The Bertz CT molecular complexity index is 385. The van der Waals surface area contributed by atoms with Crippen LogP contribution in [0.15, 0.2) is 30.3 Å². The van der Waals surface area contributed by atoms with E-state index in [0.29, 0.717) is 5.56 Å². The molecular weight excluding hydrogens is 174 g/mol. The van der Waals surface area contributed by atoms with Gasteiger partial charge in [0.15, 0.2) is 0 Å². The van der Waals surface area contributed by atoms with E-state index in [-0.39, 0.29) is 11.4 Å². The molecule has 2 nitrogen and oxygen atoms in total. The Kier molecular flexibility index (Phi) is 2.01. The molecule has 14 heavy (non-hydrogen) atoms. The molecule has 1 fully saturated rings. The van der Waals surface area contributed by atoms with Crippen LogP contribution in [0.5, 0.6) is 0 Å². The molecule has 1 aromatic carbocycles. The summed E-state index contributed by atoms with van der Waals surface area (Å²) in [5.41, 5.74) is 0.307. The summed E-state index contributed by atoms with van der Waals surface area (Å²) < 4.78 is 0.